The number of carbonyl (C=O) groups excluding carboxylic acids is 1. The van der Waals surface area contributed by atoms with Gasteiger partial charge in [-0.3, -0.25) is 9.59 Å². The fraction of sp³-hybridized carbons (Fsp3) is 0.556. The molecule has 1 aromatic carbocycles. The molecule has 0 radical (unpaired) electrons. The fourth-order valence-corrected chi connectivity index (χ4v) is 3.70. The Morgan fingerprint density at radius 3 is 2.50 bits per heavy atom. The van der Waals surface area contributed by atoms with Gasteiger partial charge in [0.2, 0.25) is 5.91 Å². The summed E-state index contributed by atoms with van der Waals surface area (Å²) < 4.78 is 0. The molecule has 118 valence electrons. The van der Waals surface area contributed by atoms with Gasteiger partial charge in [0.05, 0.1) is 5.41 Å². The number of nitrogens with zero attached hydrogens (tertiary/aromatic N) is 1. The van der Waals surface area contributed by atoms with Crippen LogP contribution in [0.3, 0.4) is 0 Å². The van der Waals surface area contributed by atoms with E-state index in [0.29, 0.717) is 19.4 Å². The Bertz CT molecular complexity index is 592. The first kappa shape index (κ1) is 15.1. The molecule has 1 saturated carbocycles. The van der Waals surface area contributed by atoms with E-state index >= 15 is 0 Å². The third kappa shape index (κ3) is 2.51. The Hall–Kier alpha value is -1.84. The maximum Gasteiger partial charge on any atom is 0.310 e. The molecule has 2 aliphatic rings. The van der Waals surface area contributed by atoms with Crippen molar-refractivity contribution in [2.45, 2.75) is 58.0 Å². The lowest BCUT2D eigenvalue weighted by Crippen LogP contribution is -2.48. The zero-order valence-corrected chi connectivity index (χ0v) is 13.0. The summed E-state index contributed by atoms with van der Waals surface area (Å²) >= 11 is 0. The van der Waals surface area contributed by atoms with Crippen molar-refractivity contribution in [1.82, 2.24) is 4.90 Å². The molecule has 1 aliphatic heterocycles. The normalized spacial score (nSPS) is 22.6. The molecule has 0 bridgehead atoms. The molecule has 1 unspecified atom stereocenters. The molecule has 1 heterocycles. The van der Waals surface area contributed by atoms with Crippen molar-refractivity contribution in [3.63, 3.8) is 0 Å². The fourth-order valence-electron chi connectivity index (χ4n) is 3.70. The van der Waals surface area contributed by atoms with Gasteiger partial charge in [0.15, 0.2) is 0 Å². The van der Waals surface area contributed by atoms with E-state index in [9.17, 15) is 14.7 Å². The predicted molar refractivity (Wildman–Crippen MR) is 83.3 cm³/mol. The monoisotopic (exact) mass is 301 g/mol. The van der Waals surface area contributed by atoms with E-state index in [-0.39, 0.29) is 18.4 Å². The van der Waals surface area contributed by atoms with Crippen LogP contribution < -0.4 is 0 Å². The van der Waals surface area contributed by atoms with Crippen LogP contribution in [0.5, 0.6) is 0 Å². The highest BCUT2D eigenvalue weighted by Gasteiger charge is 2.47. The summed E-state index contributed by atoms with van der Waals surface area (Å²) in [7, 11) is 0. The first-order valence-corrected chi connectivity index (χ1v) is 8.15. The maximum absolute atomic E-state index is 12.8. The maximum atomic E-state index is 12.8. The summed E-state index contributed by atoms with van der Waals surface area (Å²) in [6.07, 6.45) is 4.11. The van der Waals surface area contributed by atoms with Crippen LogP contribution in [0.15, 0.2) is 24.3 Å². The third-order valence-corrected chi connectivity index (χ3v) is 5.40. The van der Waals surface area contributed by atoms with E-state index < -0.39 is 11.4 Å². The van der Waals surface area contributed by atoms with Crippen LogP contribution in [-0.4, -0.2) is 27.9 Å². The van der Waals surface area contributed by atoms with Gasteiger partial charge in [-0.1, -0.05) is 37.6 Å². The SMILES string of the molecule is CCC1Cc2ccccc2CN1C(=O)CC1(C(=O)O)CCC1. The van der Waals surface area contributed by atoms with Crippen molar-refractivity contribution in [2.75, 3.05) is 0 Å². The summed E-state index contributed by atoms with van der Waals surface area (Å²) in [6, 6.07) is 8.42. The van der Waals surface area contributed by atoms with Gasteiger partial charge in [-0.2, -0.15) is 0 Å². The lowest BCUT2D eigenvalue weighted by atomic mass is 9.66. The van der Waals surface area contributed by atoms with Crippen LogP contribution >= 0.6 is 0 Å². The number of carbonyl (C=O) groups is 2. The quantitative estimate of drug-likeness (QED) is 0.930. The second kappa shape index (κ2) is 5.75. The first-order valence-electron chi connectivity index (χ1n) is 8.15. The van der Waals surface area contributed by atoms with Gasteiger partial charge < -0.3 is 10.0 Å². The van der Waals surface area contributed by atoms with Crippen LogP contribution in [0.25, 0.3) is 0 Å². The number of hydrogen-bond acceptors (Lipinski definition) is 2. The van der Waals surface area contributed by atoms with Crippen molar-refractivity contribution < 1.29 is 14.7 Å². The summed E-state index contributed by atoms with van der Waals surface area (Å²) in [6.45, 7) is 2.71. The van der Waals surface area contributed by atoms with Crippen LogP contribution in [-0.2, 0) is 22.6 Å². The second-order valence-corrected chi connectivity index (χ2v) is 6.67. The summed E-state index contributed by atoms with van der Waals surface area (Å²) in [4.78, 5) is 26.2. The van der Waals surface area contributed by atoms with Gasteiger partial charge in [-0.15, -0.1) is 0 Å². The summed E-state index contributed by atoms with van der Waals surface area (Å²) in [5, 5.41) is 9.44. The van der Waals surface area contributed by atoms with Crippen molar-refractivity contribution in [2.24, 2.45) is 5.41 Å². The molecule has 0 spiro atoms. The van der Waals surface area contributed by atoms with Crippen molar-refractivity contribution in [3.05, 3.63) is 35.4 Å². The van der Waals surface area contributed by atoms with E-state index in [1.165, 1.54) is 11.1 Å². The Morgan fingerprint density at radius 1 is 1.27 bits per heavy atom. The molecular weight excluding hydrogens is 278 g/mol. The number of amides is 1. The molecular formula is C18H23NO3. The van der Waals surface area contributed by atoms with E-state index in [1.807, 2.05) is 17.0 Å². The highest BCUT2D eigenvalue weighted by Crippen LogP contribution is 2.45. The Kier molecular flexibility index (Phi) is 3.94. The molecule has 0 aromatic heterocycles. The minimum atomic E-state index is -0.808. The van der Waals surface area contributed by atoms with Crippen LogP contribution in [0.2, 0.25) is 0 Å². The van der Waals surface area contributed by atoms with Gasteiger partial charge in [0.1, 0.15) is 0 Å². The minimum absolute atomic E-state index is 0.00320. The van der Waals surface area contributed by atoms with Gasteiger partial charge in [-0.25, -0.2) is 0 Å². The summed E-state index contributed by atoms with van der Waals surface area (Å²) in [5.74, 6) is -0.805. The highest BCUT2D eigenvalue weighted by atomic mass is 16.4. The number of hydrogen-bond donors (Lipinski definition) is 1. The average Bonchev–Trinajstić information content (AvgIpc) is 2.48. The number of carboxylic acids is 1. The average molecular weight is 301 g/mol. The topological polar surface area (TPSA) is 57.6 Å². The lowest BCUT2D eigenvalue weighted by molar-refractivity contribution is -0.160. The van der Waals surface area contributed by atoms with Crippen molar-refractivity contribution in [3.8, 4) is 0 Å². The molecule has 4 nitrogen and oxygen atoms in total. The van der Waals surface area contributed by atoms with Crippen molar-refractivity contribution >= 4 is 11.9 Å². The molecule has 0 saturated heterocycles. The van der Waals surface area contributed by atoms with Gasteiger partial charge in [-0.05, 0) is 36.8 Å². The van der Waals surface area contributed by atoms with Crippen LogP contribution in [0.4, 0.5) is 0 Å². The molecule has 1 atom stereocenters. The standard InChI is InChI=1S/C18H23NO3/c1-2-15-10-13-6-3-4-7-14(13)12-19(15)16(20)11-18(17(21)22)8-5-9-18/h3-4,6-7,15H,2,5,8-12H2,1H3,(H,21,22). The molecule has 1 fully saturated rings. The minimum Gasteiger partial charge on any atom is -0.481 e. The lowest BCUT2D eigenvalue weighted by Gasteiger charge is -2.41. The highest BCUT2D eigenvalue weighted by molar-refractivity contribution is 5.86. The molecule has 4 heteroatoms. The smallest absolute Gasteiger partial charge is 0.310 e. The Labute approximate surface area is 131 Å². The van der Waals surface area contributed by atoms with E-state index in [4.69, 9.17) is 0 Å². The van der Waals surface area contributed by atoms with Crippen LogP contribution in [0.1, 0.15) is 50.2 Å². The number of benzene rings is 1. The predicted octanol–water partition coefficient (Wildman–Crippen LogP) is 2.99. The third-order valence-electron chi connectivity index (χ3n) is 5.40. The van der Waals surface area contributed by atoms with Crippen molar-refractivity contribution in [1.29, 1.82) is 0 Å². The molecule has 1 aromatic rings. The number of fused-ring (bicyclic) bond motifs is 1. The zero-order valence-electron chi connectivity index (χ0n) is 13.0. The van der Waals surface area contributed by atoms with Gasteiger partial charge in [0, 0.05) is 19.0 Å². The Morgan fingerprint density at radius 2 is 1.95 bits per heavy atom. The largest absolute Gasteiger partial charge is 0.481 e. The van der Waals surface area contributed by atoms with Crippen LogP contribution in [0, 0.1) is 5.41 Å². The molecule has 1 amide bonds. The van der Waals surface area contributed by atoms with E-state index in [1.54, 1.807) is 0 Å². The molecule has 3 rings (SSSR count). The van der Waals surface area contributed by atoms with Gasteiger partial charge in [0.25, 0.3) is 0 Å². The van der Waals surface area contributed by atoms with Gasteiger partial charge >= 0.3 is 5.97 Å². The second-order valence-electron chi connectivity index (χ2n) is 6.67. The number of rotatable bonds is 4. The Balaban J connectivity index is 1.78. The summed E-state index contributed by atoms with van der Waals surface area (Å²) in [5.41, 5.74) is 1.71. The molecule has 1 aliphatic carbocycles. The molecule has 22 heavy (non-hydrogen) atoms. The zero-order chi connectivity index (χ0) is 15.7. The van der Waals surface area contributed by atoms with E-state index in [2.05, 4.69) is 19.1 Å². The number of aliphatic carboxylic acids is 1. The molecule has 1 N–H and O–H groups in total. The van der Waals surface area contributed by atoms with E-state index in [0.717, 1.165) is 19.3 Å². The first-order chi connectivity index (χ1) is 10.6. The number of carboxylic acid groups (broad SMARTS) is 1.